The molecule has 3 rings (SSSR count). The molecule has 29 heavy (non-hydrogen) atoms. The van der Waals surface area contributed by atoms with Crippen LogP contribution >= 0.6 is 0 Å². The van der Waals surface area contributed by atoms with Crippen molar-refractivity contribution in [1.82, 2.24) is 14.3 Å². The molecule has 0 fully saturated rings. The van der Waals surface area contributed by atoms with E-state index in [4.69, 9.17) is 0 Å². The van der Waals surface area contributed by atoms with Gasteiger partial charge in [-0.25, -0.2) is 26.9 Å². The van der Waals surface area contributed by atoms with Gasteiger partial charge >= 0.3 is 0 Å². The van der Waals surface area contributed by atoms with Gasteiger partial charge in [0.2, 0.25) is 10.0 Å². The molecule has 0 bridgehead atoms. The number of carbonyl (C=O) groups excluding carboxylic acids is 1. The normalized spacial score (nSPS) is 11.4. The monoisotopic (exact) mass is 420 g/mol. The first-order valence-corrected chi connectivity index (χ1v) is 10.2. The highest BCUT2D eigenvalue weighted by molar-refractivity contribution is 7.89. The second-order valence-corrected chi connectivity index (χ2v) is 7.92. The zero-order valence-corrected chi connectivity index (χ0v) is 16.0. The van der Waals surface area contributed by atoms with Crippen LogP contribution in [0.15, 0.2) is 66.1 Å². The van der Waals surface area contributed by atoms with E-state index in [0.717, 1.165) is 24.3 Å². The zero-order valence-electron chi connectivity index (χ0n) is 15.2. The first-order chi connectivity index (χ1) is 13.8. The molecule has 10 heteroatoms. The number of anilines is 1. The molecule has 0 aliphatic heterocycles. The smallest absolute Gasteiger partial charge is 0.255 e. The third-order valence-electron chi connectivity index (χ3n) is 4.05. The molecule has 152 valence electrons. The molecule has 3 aromatic rings. The first kappa shape index (κ1) is 20.6. The van der Waals surface area contributed by atoms with E-state index in [1.54, 1.807) is 18.7 Å². The van der Waals surface area contributed by atoms with E-state index < -0.39 is 27.6 Å². The van der Waals surface area contributed by atoms with Crippen molar-refractivity contribution in [3.05, 3.63) is 78.4 Å². The lowest BCUT2D eigenvalue weighted by molar-refractivity contribution is 0.102. The van der Waals surface area contributed by atoms with Crippen LogP contribution in [0.2, 0.25) is 0 Å². The highest BCUT2D eigenvalue weighted by Gasteiger charge is 2.17. The molecule has 1 aromatic heterocycles. The van der Waals surface area contributed by atoms with Gasteiger partial charge < -0.3 is 9.88 Å². The van der Waals surface area contributed by atoms with Crippen molar-refractivity contribution < 1.29 is 22.0 Å². The predicted octanol–water partition coefficient (Wildman–Crippen LogP) is 2.78. The Bertz CT molecular complexity index is 1090. The van der Waals surface area contributed by atoms with E-state index in [-0.39, 0.29) is 22.7 Å². The average molecular weight is 420 g/mol. The lowest BCUT2D eigenvalue weighted by atomic mass is 10.2. The topological polar surface area (TPSA) is 93.1 Å². The molecule has 0 spiro atoms. The summed E-state index contributed by atoms with van der Waals surface area (Å²) in [6.45, 7) is 0.760. The number of benzene rings is 2. The Kier molecular flexibility index (Phi) is 6.35. The maximum Gasteiger partial charge on any atom is 0.255 e. The molecular weight excluding hydrogens is 402 g/mol. The summed E-state index contributed by atoms with van der Waals surface area (Å²) in [6.07, 6.45) is 5.55. The Morgan fingerprint density at radius 1 is 1.10 bits per heavy atom. The molecule has 0 aliphatic carbocycles. The maximum absolute atomic E-state index is 14.3. The third-order valence-corrected chi connectivity index (χ3v) is 5.51. The Morgan fingerprint density at radius 2 is 1.86 bits per heavy atom. The fourth-order valence-electron chi connectivity index (χ4n) is 2.53. The Labute approximate surface area is 166 Å². The van der Waals surface area contributed by atoms with E-state index >= 15 is 0 Å². The van der Waals surface area contributed by atoms with Gasteiger partial charge in [-0.3, -0.25) is 4.79 Å². The summed E-state index contributed by atoms with van der Waals surface area (Å²) in [5.74, 6) is -2.04. The van der Waals surface area contributed by atoms with Gasteiger partial charge in [0.05, 0.1) is 16.9 Å². The van der Waals surface area contributed by atoms with Gasteiger partial charge in [-0.15, -0.1) is 0 Å². The Hall–Kier alpha value is -3.11. The van der Waals surface area contributed by atoms with Crippen LogP contribution in [-0.2, 0) is 16.6 Å². The van der Waals surface area contributed by atoms with E-state index in [0.29, 0.717) is 13.0 Å². The molecule has 7 nitrogen and oxygen atoms in total. The van der Waals surface area contributed by atoms with Gasteiger partial charge in [0.1, 0.15) is 11.6 Å². The molecule has 0 saturated carbocycles. The predicted molar refractivity (Wildman–Crippen MR) is 103 cm³/mol. The van der Waals surface area contributed by atoms with Gasteiger partial charge in [-0.2, -0.15) is 0 Å². The fraction of sp³-hybridized carbons (Fsp3) is 0.158. The number of aromatic nitrogens is 2. The molecule has 0 saturated heterocycles. The number of imidazole rings is 1. The Balaban J connectivity index is 1.61. The summed E-state index contributed by atoms with van der Waals surface area (Å²) < 4.78 is 56.1. The number of carbonyl (C=O) groups is 1. The molecule has 0 unspecified atom stereocenters. The standard InChI is InChI=1S/C19H18F2N4O3S/c20-15-4-2-14(3-5-15)19(26)24-18-7-6-16(12-17(18)21)29(27,28)23-8-1-10-25-11-9-22-13-25/h2-7,9,11-13,23H,1,8,10H2,(H,24,26). The van der Waals surface area contributed by atoms with Crippen LogP contribution in [0, 0.1) is 11.6 Å². The second kappa shape index (κ2) is 8.93. The molecular formula is C19H18F2N4O3S. The van der Waals surface area contributed by atoms with Crippen molar-refractivity contribution >= 4 is 21.6 Å². The van der Waals surface area contributed by atoms with Crippen molar-refractivity contribution in [2.24, 2.45) is 0 Å². The maximum atomic E-state index is 14.3. The zero-order chi connectivity index (χ0) is 20.9. The summed E-state index contributed by atoms with van der Waals surface area (Å²) in [5, 5.41) is 2.33. The average Bonchev–Trinajstić information content (AvgIpc) is 3.21. The molecule has 0 radical (unpaired) electrons. The summed E-state index contributed by atoms with van der Waals surface area (Å²) in [5.41, 5.74) is -0.0413. The summed E-state index contributed by atoms with van der Waals surface area (Å²) in [4.78, 5) is 15.7. The van der Waals surface area contributed by atoms with Gasteiger partial charge in [-0.1, -0.05) is 0 Å². The SMILES string of the molecule is O=C(Nc1ccc(S(=O)(=O)NCCCn2ccnc2)cc1F)c1ccc(F)cc1. The third kappa shape index (κ3) is 5.46. The minimum Gasteiger partial charge on any atom is -0.337 e. The molecule has 0 atom stereocenters. The summed E-state index contributed by atoms with van der Waals surface area (Å²) in [7, 11) is -3.90. The number of hydrogen-bond acceptors (Lipinski definition) is 4. The van der Waals surface area contributed by atoms with Crippen molar-refractivity contribution in [2.45, 2.75) is 17.9 Å². The summed E-state index contributed by atoms with van der Waals surface area (Å²) in [6, 6.07) is 7.93. The van der Waals surface area contributed by atoms with Crippen LogP contribution in [0.3, 0.4) is 0 Å². The highest BCUT2D eigenvalue weighted by atomic mass is 32.2. The number of halogens is 2. The quantitative estimate of drug-likeness (QED) is 0.548. The largest absolute Gasteiger partial charge is 0.337 e. The molecule has 1 heterocycles. The van der Waals surface area contributed by atoms with Gasteiger partial charge in [0, 0.05) is 31.0 Å². The lowest BCUT2D eigenvalue weighted by Crippen LogP contribution is -2.25. The van der Waals surface area contributed by atoms with Crippen molar-refractivity contribution in [2.75, 3.05) is 11.9 Å². The van der Waals surface area contributed by atoms with E-state index in [1.165, 1.54) is 18.2 Å². The summed E-state index contributed by atoms with van der Waals surface area (Å²) >= 11 is 0. The van der Waals surface area contributed by atoms with Gasteiger partial charge in [-0.05, 0) is 48.9 Å². The van der Waals surface area contributed by atoms with Crippen LogP contribution in [0.5, 0.6) is 0 Å². The lowest BCUT2D eigenvalue weighted by Gasteiger charge is -2.10. The number of aryl methyl sites for hydroxylation is 1. The number of hydrogen-bond donors (Lipinski definition) is 2. The molecule has 2 aromatic carbocycles. The van der Waals surface area contributed by atoms with E-state index in [2.05, 4.69) is 15.0 Å². The van der Waals surface area contributed by atoms with Crippen LogP contribution in [0.1, 0.15) is 16.8 Å². The van der Waals surface area contributed by atoms with Crippen molar-refractivity contribution in [3.8, 4) is 0 Å². The van der Waals surface area contributed by atoms with Crippen molar-refractivity contribution in [1.29, 1.82) is 0 Å². The molecule has 1 amide bonds. The highest BCUT2D eigenvalue weighted by Crippen LogP contribution is 2.20. The fourth-order valence-corrected chi connectivity index (χ4v) is 3.62. The second-order valence-electron chi connectivity index (χ2n) is 6.15. The number of nitrogens with one attached hydrogen (secondary N) is 2. The number of sulfonamides is 1. The number of nitrogens with zero attached hydrogens (tertiary/aromatic N) is 2. The minimum atomic E-state index is -3.90. The van der Waals surface area contributed by atoms with E-state index in [9.17, 15) is 22.0 Å². The van der Waals surface area contributed by atoms with Crippen LogP contribution in [0.4, 0.5) is 14.5 Å². The van der Waals surface area contributed by atoms with E-state index in [1.807, 2.05) is 4.57 Å². The molecule has 2 N–H and O–H groups in total. The van der Waals surface area contributed by atoms with Crippen LogP contribution < -0.4 is 10.0 Å². The number of amides is 1. The van der Waals surface area contributed by atoms with Crippen molar-refractivity contribution in [3.63, 3.8) is 0 Å². The van der Waals surface area contributed by atoms with Gasteiger partial charge in [0.15, 0.2) is 0 Å². The van der Waals surface area contributed by atoms with Crippen LogP contribution in [0.25, 0.3) is 0 Å². The van der Waals surface area contributed by atoms with Gasteiger partial charge in [0.25, 0.3) is 5.91 Å². The molecule has 0 aliphatic rings. The van der Waals surface area contributed by atoms with Crippen LogP contribution in [-0.4, -0.2) is 30.4 Å². The number of rotatable bonds is 8. The first-order valence-electron chi connectivity index (χ1n) is 8.67. The minimum absolute atomic E-state index is 0.141. The Morgan fingerprint density at radius 3 is 2.52 bits per heavy atom.